The van der Waals surface area contributed by atoms with Gasteiger partial charge in [-0.15, -0.1) is 11.3 Å². The molecule has 1 heterocycles. The molecule has 0 bridgehead atoms. The van der Waals surface area contributed by atoms with Gasteiger partial charge in [-0.25, -0.2) is 4.98 Å². The van der Waals surface area contributed by atoms with Crippen LogP contribution < -0.4 is 4.74 Å². The van der Waals surface area contributed by atoms with Crippen molar-refractivity contribution in [1.82, 2.24) is 4.98 Å². The largest absolute Gasteiger partial charge is 0.493 e. The summed E-state index contributed by atoms with van der Waals surface area (Å²) in [5.41, 5.74) is 2.06. The summed E-state index contributed by atoms with van der Waals surface area (Å²) < 4.78 is 5.70. The molecule has 0 radical (unpaired) electrons. The Morgan fingerprint density at radius 2 is 2.24 bits per heavy atom. The molecule has 0 fully saturated rings. The van der Waals surface area contributed by atoms with E-state index in [9.17, 15) is 4.79 Å². The minimum absolute atomic E-state index is 0.0551. The second-order valence-corrected chi connectivity index (χ2v) is 5.98. The first-order chi connectivity index (χ1) is 10.1. The molecule has 0 aliphatic carbocycles. The first-order valence-electron chi connectivity index (χ1n) is 6.97. The molecule has 2 aromatic rings. The summed E-state index contributed by atoms with van der Waals surface area (Å²) in [7, 11) is 0. The Labute approximate surface area is 128 Å². The van der Waals surface area contributed by atoms with Crippen molar-refractivity contribution in [3.8, 4) is 5.75 Å². The highest BCUT2D eigenvalue weighted by atomic mass is 32.1. The van der Waals surface area contributed by atoms with Crippen LogP contribution in [0.3, 0.4) is 0 Å². The van der Waals surface area contributed by atoms with Gasteiger partial charge in [0.05, 0.1) is 23.7 Å². The number of aromatic nitrogens is 1. The average Bonchev–Trinajstić information content (AvgIpc) is 2.80. The van der Waals surface area contributed by atoms with Gasteiger partial charge in [-0.05, 0) is 31.0 Å². The Bertz CT molecular complexity index is 622. The predicted octanol–water partition coefficient (Wildman–Crippen LogP) is 3.26. The van der Waals surface area contributed by atoms with Crippen LogP contribution in [0.4, 0.5) is 0 Å². The van der Waals surface area contributed by atoms with Crippen LogP contribution in [-0.2, 0) is 24.1 Å². The van der Waals surface area contributed by atoms with Crippen LogP contribution in [0.2, 0.25) is 0 Å². The van der Waals surface area contributed by atoms with Crippen molar-refractivity contribution in [2.75, 3.05) is 6.61 Å². The van der Waals surface area contributed by atoms with Crippen LogP contribution in [0, 0.1) is 6.92 Å². The molecule has 1 aromatic heterocycles. The van der Waals surface area contributed by atoms with Gasteiger partial charge in [0.1, 0.15) is 5.75 Å². The monoisotopic (exact) mass is 305 g/mol. The number of aryl methyl sites for hydroxylation is 2. The minimum atomic E-state index is -0.809. The molecule has 5 heteroatoms. The lowest BCUT2D eigenvalue weighted by atomic mass is 10.2. The molecule has 0 aliphatic rings. The second-order valence-electron chi connectivity index (χ2n) is 4.82. The number of hydrogen-bond acceptors (Lipinski definition) is 4. The number of carboxylic acid groups (broad SMARTS) is 1. The third-order valence-corrected chi connectivity index (χ3v) is 4.20. The number of ether oxygens (including phenoxy) is 1. The number of benzene rings is 1. The predicted molar refractivity (Wildman–Crippen MR) is 83.2 cm³/mol. The summed E-state index contributed by atoms with van der Waals surface area (Å²) in [5, 5.41) is 9.84. The third kappa shape index (κ3) is 4.56. The fraction of sp³-hybridized carbons (Fsp3) is 0.375. The number of aliphatic carboxylic acids is 1. The number of hydrogen-bond donors (Lipinski definition) is 1. The van der Waals surface area contributed by atoms with E-state index in [2.05, 4.69) is 4.98 Å². The molecule has 112 valence electrons. The van der Waals surface area contributed by atoms with E-state index in [1.54, 1.807) is 0 Å². The van der Waals surface area contributed by atoms with E-state index in [0.717, 1.165) is 27.7 Å². The summed E-state index contributed by atoms with van der Waals surface area (Å²) in [6, 6.07) is 7.92. The Morgan fingerprint density at radius 3 is 2.90 bits per heavy atom. The fourth-order valence-corrected chi connectivity index (χ4v) is 3.19. The maximum atomic E-state index is 10.8. The van der Waals surface area contributed by atoms with Gasteiger partial charge in [-0.1, -0.05) is 19.1 Å². The van der Waals surface area contributed by atoms with E-state index in [-0.39, 0.29) is 6.42 Å². The standard InChI is InChI=1S/C16H19NO3S/c1-3-13-14(10-16(18)19)21-15(17-13)7-8-20-12-6-4-5-11(2)9-12/h4-6,9H,3,7-8,10H2,1-2H3,(H,18,19). The minimum Gasteiger partial charge on any atom is -0.493 e. The molecule has 0 amide bonds. The van der Waals surface area contributed by atoms with Crippen molar-refractivity contribution in [2.24, 2.45) is 0 Å². The molecule has 2 rings (SSSR count). The summed E-state index contributed by atoms with van der Waals surface area (Å²) in [6.45, 7) is 4.57. The van der Waals surface area contributed by atoms with Crippen molar-refractivity contribution in [2.45, 2.75) is 33.1 Å². The van der Waals surface area contributed by atoms with Crippen molar-refractivity contribution >= 4 is 17.3 Å². The Morgan fingerprint density at radius 1 is 1.43 bits per heavy atom. The van der Waals surface area contributed by atoms with Crippen molar-refractivity contribution in [1.29, 1.82) is 0 Å². The molecule has 0 aliphatic heterocycles. The van der Waals surface area contributed by atoms with Crippen LogP contribution in [0.25, 0.3) is 0 Å². The molecule has 0 atom stereocenters. The van der Waals surface area contributed by atoms with E-state index >= 15 is 0 Å². The fourth-order valence-electron chi connectivity index (χ4n) is 2.06. The van der Waals surface area contributed by atoms with Gasteiger partial charge in [0.15, 0.2) is 0 Å². The number of carboxylic acids is 1. The van der Waals surface area contributed by atoms with Crippen LogP contribution in [0.15, 0.2) is 24.3 Å². The van der Waals surface area contributed by atoms with Crippen LogP contribution in [-0.4, -0.2) is 22.7 Å². The van der Waals surface area contributed by atoms with E-state index in [1.807, 2.05) is 38.1 Å². The molecule has 4 nitrogen and oxygen atoms in total. The van der Waals surface area contributed by atoms with Crippen LogP contribution in [0.5, 0.6) is 5.75 Å². The number of nitrogens with zero attached hydrogens (tertiary/aromatic N) is 1. The number of rotatable bonds is 7. The van der Waals surface area contributed by atoms with E-state index in [4.69, 9.17) is 9.84 Å². The Kier molecular flexibility index (Phi) is 5.33. The summed E-state index contributed by atoms with van der Waals surface area (Å²) in [5.74, 6) is 0.0453. The maximum Gasteiger partial charge on any atom is 0.308 e. The molecule has 0 spiro atoms. The average molecular weight is 305 g/mol. The topological polar surface area (TPSA) is 59.4 Å². The highest BCUT2D eigenvalue weighted by Crippen LogP contribution is 2.21. The maximum absolute atomic E-state index is 10.8. The van der Waals surface area contributed by atoms with Crippen molar-refractivity contribution in [3.05, 3.63) is 45.4 Å². The van der Waals surface area contributed by atoms with E-state index in [1.165, 1.54) is 16.9 Å². The van der Waals surface area contributed by atoms with Gasteiger partial charge in [0.2, 0.25) is 0 Å². The summed E-state index contributed by atoms with van der Waals surface area (Å²) in [6.07, 6.45) is 1.52. The Hall–Kier alpha value is -1.88. The highest BCUT2D eigenvalue weighted by Gasteiger charge is 2.12. The van der Waals surface area contributed by atoms with Gasteiger partial charge >= 0.3 is 5.97 Å². The van der Waals surface area contributed by atoms with Crippen molar-refractivity contribution in [3.63, 3.8) is 0 Å². The Balaban J connectivity index is 1.94. The normalized spacial score (nSPS) is 10.6. The molecule has 0 unspecified atom stereocenters. The van der Waals surface area contributed by atoms with Gasteiger partial charge in [0.25, 0.3) is 0 Å². The van der Waals surface area contributed by atoms with Gasteiger partial charge in [-0.3, -0.25) is 4.79 Å². The molecular weight excluding hydrogens is 286 g/mol. The lowest BCUT2D eigenvalue weighted by molar-refractivity contribution is -0.136. The zero-order valence-corrected chi connectivity index (χ0v) is 13.1. The lowest BCUT2D eigenvalue weighted by Gasteiger charge is -2.05. The molecule has 1 N–H and O–H groups in total. The smallest absolute Gasteiger partial charge is 0.308 e. The third-order valence-electron chi connectivity index (χ3n) is 3.04. The van der Waals surface area contributed by atoms with Gasteiger partial charge in [-0.2, -0.15) is 0 Å². The summed E-state index contributed by atoms with van der Waals surface area (Å²) >= 11 is 1.48. The molecule has 21 heavy (non-hydrogen) atoms. The molecular formula is C16H19NO3S. The van der Waals surface area contributed by atoms with E-state index in [0.29, 0.717) is 13.0 Å². The molecule has 0 saturated heterocycles. The summed E-state index contributed by atoms with van der Waals surface area (Å²) in [4.78, 5) is 16.2. The van der Waals surface area contributed by atoms with Gasteiger partial charge in [0, 0.05) is 11.3 Å². The number of carbonyl (C=O) groups is 1. The lowest BCUT2D eigenvalue weighted by Crippen LogP contribution is -2.01. The zero-order valence-electron chi connectivity index (χ0n) is 12.3. The van der Waals surface area contributed by atoms with Crippen molar-refractivity contribution < 1.29 is 14.6 Å². The molecule has 0 saturated carbocycles. The zero-order chi connectivity index (χ0) is 15.2. The van der Waals surface area contributed by atoms with E-state index < -0.39 is 5.97 Å². The number of thiazole rings is 1. The first kappa shape index (κ1) is 15.5. The second kappa shape index (κ2) is 7.22. The first-order valence-corrected chi connectivity index (χ1v) is 7.79. The highest BCUT2D eigenvalue weighted by molar-refractivity contribution is 7.11. The molecule has 1 aromatic carbocycles. The van der Waals surface area contributed by atoms with Gasteiger partial charge < -0.3 is 9.84 Å². The SMILES string of the molecule is CCc1nc(CCOc2cccc(C)c2)sc1CC(=O)O. The van der Waals surface area contributed by atoms with Crippen LogP contribution in [0.1, 0.15) is 28.1 Å². The van der Waals surface area contributed by atoms with Crippen LogP contribution >= 0.6 is 11.3 Å². The quantitative estimate of drug-likeness (QED) is 0.853.